The van der Waals surface area contributed by atoms with Crippen LogP contribution in [-0.4, -0.2) is 25.2 Å². The lowest BCUT2D eigenvalue weighted by Crippen LogP contribution is -2.42. The summed E-state index contributed by atoms with van der Waals surface area (Å²) in [5.41, 5.74) is 0. The Labute approximate surface area is 109 Å². The van der Waals surface area contributed by atoms with Crippen molar-refractivity contribution in [3.8, 4) is 0 Å². The van der Waals surface area contributed by atoms with Crippen LogP contribution in [0.2, 0.25) is 0 Å². The third-order valence-corrected chi connectivity index (χ3v) is 4.54. The second-order valence-electron chi connectivity index (χ2n) is 5.69. The van der Waals surface area contributed by atoms with Crippen LogP contribution in [0.1, 0.15) is 37.9 Å². The maximum Gasteiger partial charge on any atom is 0.105 e. The lowest BCUT2D eigenvalue weighted by Gasteiger charge is -2.26. The van der Waals surface area contributed by atoms with E-state index in [9.17, 15) is 0 Å². The molecule has 1 saturated carbocycles. The average Bonchev–Trinajstić information content (AvgIpc) is 3.12. The molecule has 0 aromatic carbocycles. The maximum absolute atomic E-state index is 5.37. The van der Waals surface area contributed by atoms with Crippen LogP contribution in [0.5, 0.6) is 0 Å². The number of hydrogen-bond acceptors (Lipinski definition) is 3. The van der Waals surface area contributed by atoms with Crippen molar-refractivity contribution in [1.82, 2.24) is 10.6 Å². The summed E-state index contributed by atoms with van der Waals surface area (Å²) in [6, 6.07) is 5.52. The van der Waals surface area contributed by atoms with Gasteiger partial charge >= 0.3 is 0 Å². The van der Waals surface area contributed by atoms with Crippen LogP contribution in [0, 0.1) is 5.92 Å². The highest BCUT2D eigenvalue weighted by atomic mass is 16.3. The van der Waals surface area contributed by atoms with Gasteiger partial charge in [0.15, 0.2) is 0 Å². The van der Waals surface area contributed by atoms with Crippen molar-refractivity contribution in [1.29, 1.82) is 0 Å². The van der Waals surface area contributed by atoms with E-state index in [1.54, 1.807) is 6.26 Å². The SMILES string of the molecule is c1coc(CCNC2CCCC2C2CCCN2)c1. The van der Waals surface area contributed by atoms with Gasteiger partial charge in [0.05, 0.1) is 6.26 Å². The van der Waals surface area contributed by atoms with Crippen molar-refractivity contribution in [2.24, 2.45) is 5.92 Å². The molecule has 1 aliphatic carbocycles. The Balaban J connectivity index is 1.46. The Morgan fingerprint density at radius 3 is 3.06 bits per heavy atom. The normalized spacial score (nSPS) is 32.1. The quantitative estimate of drug-likeness (QED) is 0.840. The molecule has 2 aliphatic rings. The fraction of sp³-hybridized carbons (Fsp3) is 0.733. The van der Waals surface area contributed by atoms with Crippen LogP contribution in [0.15, 0.2) is 22.8 Å². The van der Waals surface area contributed by atoms with Gasteiger partial charge in [-0.05, 0) is 50.3 Å². The molecule has 1 aromatic heterocycles. The molecule has 0 radical (unpaired) electrons. The van der Waals surface area contributed by atoms with E-state index in [-0.39, 0.29) is 0 Å². The Bertz CT molecular complexity index is 343. The van der Waals surface area contributed by atoms with Gasteiger partial charge < -0.3 is 15.1 Å². The topological polar surface area (TPSA) is 37.2 Å². The summed E-state index contributed by atoms with van der Waals surface area (Å²) in [6.45, 7) is 2.27. The first-order valence-electron chi connectivity index (χ1n) is 7.42. The predicted molar refractivity (Wildman–Crippen MR) is 72.6 cm³/mol. The van der Waals surface area contributed by atoms with Gasteiger partial charge in [-0.15, -0.1) is 0 Å². The zero-order valence-corrected chi connectivity index (χ0v) is 11.0. The second-order valence-corrected chi connectivity index (χ2v) is 5.69. The Hall–Kier alpha value is -0.800. The van der Waals surface area contributed by atoms with Gasteiger partial charge in [0.25, 0.3) is 0 Å². The molecular weight excluding hydrogens is 224 g/mol. The van der Waals surface area contributed by atoms with Crippen molar-refractivity contribution in [2.75, 3.05) is 13.1 Å². The minimum Gasteiger partial charge on any atom is -0.469 e. The van der Waals surface area contributed by atoms with Crippen LogP contribution in [0.3, 0.4) is 0 Å². The largest absolute Gasteiger partial charge is 0.469 e. The van der Waals surface area contributed by atoms with Crippen LogP contribution in [0.4, 0.5) is 0 Å². The van der Waals surface area contributed by atoms with Crippen LogP contribution in [0.25, 0.3) is 0 Å². The lowest BCUT2D eigenvalue weighted by molar-refractivity contribution is 0.320. The molecule has 0 bridgehead atoms. The zero-order chi connectivity index (χ0) is 12.2. The molecule has 3 nitrogen and oxygen atoms in total. The van der Waals surface area contributed by atoms with Gasteiger partial charge in [-0.25, -0.2) is 0 Å². The molecular formula is C15H24N2O. The first-order chi connectivity index (χ1) is 8.93. The summed E-state index contributed by atoms with van der Waals surface area (Å²) in [5, 5.41) is 7.42. The van der Waals surface area contributed by atoms with Crippen molar-refractivity contribution in [3.63, 3.8) is 0 Å². The summed E-state index contributed by atoms with van der Waals surface area (Å²) in [7, 11) is 0. The van der Waals surface area contributed by atoms with Crippen molar-refractivity contribution in [2.45, 2.75) is 50.6 Å². The molecule has 0 amide bonds. The van der Waals surface area contributed by atoms with E-state index >= 15 is 0 Å². The first-order valence-corrected chi connectivity index (χ1v) is 7.42. The molecule has 1 saturated heterocycles. The fourth-order valence-electron chi connectivity index (χ4n) is 3.64. The first kappa shape index (κ1) is 12.2. The smallest absolute Gasteiger partial charge is 0.105 e. The van der Waals surface area contributed by atoms with Gasteiger partial charge in [0.1, 0.15) is 5.76 Å². The molecule has 1 aliphatic heterocycles. The van der Waals surface area contributed by atoms with Crippen molar-refractivity contribution in [3.05, 3.63) is 24.2 Å². The van der Waals surface area contributed by atoms with Crippen LogP contribution < -0.4 is 10.6 Å². The molecule has 3 atom stereocenters. The minimum absolute atomic E-state index is 0.718. The Morgan fingerprint density at radius 1 is 1.28 bits per heavy atom. The van der Waals surface area contributed by atoms with E-state index in [2.05, 4.69) is 16.7 Å². The van der Waals surface area contributed by atoms with E-state index in [0.717, 1.165) is 36.7 Å². The standard InChI is InChI=1S/C15H24N2O/c1-5-13(15-7-2-9-16-15)14(6-1)17-10-8-12-4-3-11-18-12/h3-4,11,13-17H,1-2,5-10H2. The molecule has 100 valence electrons. The molecule has 3 rings (SSSR count). The monoisotopic (exact) mass is 248 g/mol. The molecule has 2 N–H and O–H groups in total. The summed E-state index contributed by atoms with van der Waals surface area (Å²) in [6.07, 6.45) is 9.64. The number of rotatable bonds is 5. The molecule has 2 heterocycles. The molecule has 18 heavy (non-hydrogen) atoms. The summed E-state index contributed by atoms with van der Waals surface area (Å²) in [4.78, 5) is 0. The van der Waals surface area contributed by atoms with E-state index in [0.29, 0.717) is 0 Å². The van der Waals surface area contributed by atoms with Crippen LogP contribution >= 0.6 is 0 Å². The van der Waals surface area contributed by atoms with Gasteiger partial charge in [-0.1, -0.05) is 6.42 Å². The minimum atomic E-state index is 0.718. The summed E-state index contributed by atoms with van der Waals surface area (Å²) >= 11 is 0. The predicted octanol–water partition coefficient (Wildman–Crippen LogP) is 2.33. The van der Waals surface area contributed by atoms with Crippen molar-refractivity contribution >= 4 is 0 Å². The highest BCUT2D eigenvalue weighted by Crippen LogP contribution is 2.31. The number of hydrogen-bond donors (Lipinski definition) is 2. The molecule has 3 heteroatoms. The van der Waals surface area contributed by atoms with E-state index in [1.807, 2.05) is 6.07 Å². The van der Waals surface area contributed by atoms with E-state index in [1.165, 1.54) is 38.6 Å². The Morgan fingerprint density at radius 2 is 2.28 bits per heavy atom. The summed E-state index contributed by atoms with van der Waals surface area (Å²) in [5.74, 6) is 1.94. The third kappa shape index (κ3) is 2.78. The summed E-state index contributed by atoms with van der Waals surface area (Å²) < 4.78 is 5.37. The fourth-order valence-corrected chi connectivity index (χ4v) is 3.64. The molecule has 1 aromatic rings. The van der Waals surface area contributed by atoms with Crippen molar-refractivity contribution < 1.29 is 4.42 Å². The highest BCUT2D eigenvalue weighted by molar-refractivity contribution is 4.99. The van der Waals surface area contributed by atoms with Gasteiger partial charge in [-0.3, -0.25) is 0 Å². The maximum atomic E-state index is 5.37. The van der Waals surface area contributed by atoms with Gasteiger partial charge in [0.2, 0.25) is 0 Å². The Kier molecular flexibility index (Phi) is 4.01. The molecule has 2 fully saturated rings. The zero-order valence-electron chi connectivity index (χ0n) is 11.0. The average molecular weight is 248 g/mol. The third-order valence-electron chi connectivity index (χ3n) is 4.54. The van der Waals surface area contributed by atoms with E-state index in [4.69, 9.17) is 4.42 Å². The molecule has 0 spiro atoms. The second kappa shape index (κ2) is 5.89. The number of nitrogens with one attached hydrogen (secondary N) is 2. The van der Waals surface area contributed by atoms with E-state index < -0.39 is 0 Å². The van der Waals surface area contributed by atoms with Gasteiger partial charge in [0, 0.05) is 25.0 Å². The van der Waals surface area contributed by atoms with Crippen LogP contribution in [-0.2, 0) is 6.42 Å². The highest BCUT2D eigenvalue weighted by Gasteiger charge is 2.34. The lowest BCUT2D eigenvalue weighted by atomic mass is 9.93. The number of furan rings is 1. The van der Waals surface area contributed by atoms with Gasteiger partial charge in [-0.2, -0.15) is 0 Å². The molecule has 3 unspecified atom stereocenters.